The summed E-state index contributed by atoms with van der Waals surface area (Å²) in [4.78, 5) is 12.3. The summed E-state index contributed by atoms with van der Waals surface area (Å²) in [6.45, 7) is -2.95. The van der Waals surface area contributed by atoms with Crippen molar-refractivity contribution in [2.24, 2.45) is 0 Å². The van der Waals surface area contributed by atoms with Crippen molar-refractivity contribution in [3.8, 4) is 5.75 Å². The SMILES string of the molecule is O=C(c1cccc(OC(F)F)c1)c1cc(Cl)ccc1Cl. The standard InChI is InChI=1S/C14H8Cl2F2O2/c15-9-4-5-12(16)11(7-9)13(19)8-2-1-3-10(6-8)20-14(17)18/h1-7,14H. The van der Waals surface area contributed by atoms with Crippen LogP contribution in [0, 0.1) is 0 Å². The van der Waals surface area contributed by atoms with Crippen LogP contribution in [-0.4, -0.2) is 12.4 Å². The molecule has 0 aromatic heterocycles. The van der Waals surface area contributed by atoms with Crippen LogP contribution < -0.4 is 4.74 Å². The van der Waals surface area contributed by atoms with Gasteiger partial charge in [-0.1, -0.05) is 35.3 Å². The molecule has 20 heavy (non-hydrogen) atoms. The van der Waals surface area contributed by atoms with Crippen molar-refractivity contribution in [2.75, 3.05) is 0 Å². The highest BCUT2D eigenvalue weighted by molar-refractivity contribution is 6.36. The third kappa shape index (κ3) is 3.46. The molecular formula is C14H8Cl2F2O2. The van der Waals surface area contributed by atoms with E-state index in [9.17, 15) is 13.6 Å². The van der Waals surface area contributed by atoms with E-state index in [1.807, 2.05) is 0 Å². The molecule has 2 aromatic carbocycles. The lowest BCUT2D eigenvalue weighted by atomic mass is 10.0. The molecule has 0 saturated heterocycles. The zero-order valence-corrected chi connectivity index (χ0v) is 11.5. The van der Waals surface area contributed by atoms with Gasteiger partial charge in [-0.2, -0.15) is 8.78 Å². The van der Waals surface area contributed by atoms with Crippen LogP contribution in [0.1, 0.15) is 15.9 Å². The Morgan fingerprint density at radius 2 is 1.85 bits per heavy atom. The molecule has 0 atom stereocenters. The number of alkyl halides is 2. The summed E-state index contributed by atoms with van der Waals surface area (Å²) >= 11 is 11.7. The average Bonchev–Trinajstić information content (AvgIpc) is 2.40. The summed E-state index contributed by atoms with van der Waals surface area (Å²) in [5.41, 5.74) is 0.390. The molecule has 0 fully saturated rings. The Bertz CT molecular complexity index is 645. The van der Waals surface area contributed by atoms with Gasteiger partial charge in [0.25, 0.3) is 0 Å². The summed E-state index contributed by atoms with van der Waals surface area (Å²) in [6.07, 6.45) is 0. The van der Waals surface area contributed by atoms with Crippen molar-refractivity contribution in [2.45, 2.75) is 6.61 Å². The quantitative estimate of drug-likeness (QED) is 0.755. The molecule has 0 aliphatic heterocycles. The molecular weight excluding hydrogens is 309 g/mol. The second kappa shape index (κ2) is 6.20. The van der Waals surface area contributed by atoms with Crippen LogP contribution in [0.25, 0.3) is 0 Å². The molecule has 104 valence electrons. The van der Waals surface area contributed by atoms with Gasteiger partial charge in [-0.3, -0.25) is 4.79 Å². The number of ether oxygens (including phenoxy) is 1. The average molecular weight is 317 g/mol. The maximum atomic E-state index is 12.3. The third-order valence-corrected chi connectivity index (χ3v) is 3.06. The Morgan fingerprint density at radius 1 is 1.10 bits per heavy atom. The largest absolute Gasteiger partial charge is 0.435 e. The molecule has 0 amide bonds. The maximum Gasteiger partial charge on any atom is 0.387 e. The monoisotopic (exact) mass is 316 g/mol. The lowest BCUT2D eigenvalue weighted by molar-refractivity contribution is -0.0498. The zero-order chi connectivity index (χ0) is 14.7. The van der Waals surface area contributed by atoms with E-state index in [-0.39, 0.29) is 21.9 Å². The number of halogens is 4. The van der Waals surface area contributed by atoms with Gasteiger partial charge in [0.05, 0.1) is 5.02 Å². The number of ketones is 1. The minimum absolute atomic E-state index is 0.0935. The van der Waals surface area contributed by atoms with Gasteiger partial charge < -0.3 is 4.74 Å². The summed E-state index contributed by atoms with van der Waals surface area (Å²) in [7, 11) is 0. The van der Waals surface area contributed by atoms with Crippen LogP contribution in [0.4, 0.5) is 8.78 Å². The minimum Gasteiger partial charge on any atom is -0.435 e. The van der Waals surface area contributed by atoms with Crippen molar-refractivity contribution < 1.29 is 18.3 Å². The highest BCUT2D eigenvalue weighted by Gasteiger charge is 2.15. The van der Waals surface area contributed by atoms with Crippen molar-refractivity contribution >= 4 is 29.0 Å². The number of benzene rings is 2. The Morgan fingerprint density at radius 3 is 2.55 bits per heavy atom. The number of carbonyl (C=O) groups excluding carboxylic acids is 1. The van der Waals surface area contributed by atoms with Crippen molar-refractivity contribution in [3.63, 3.8) is 0 Å². The molecule has 0 aliphatic carbocycles. The van der Waals surface area contributed by atoms with Gasteiger partial charge in [-0.25, -0.2) is 0 Å². The molecule has 2 rings (SSSR count). The third-order valence-electron chi connectivity index (χ3n) is 2.49. The lowest BCUT2D eigenvalue weighted by Gasteiger charge is -2.07. The van der Waals surface area contributed by atoms with E-state index in [0.29, 0.717) is 5.02 Å². The van der Waals surface area contributed by atoms with E-state index in [1.165, 1.54) is 36.4 Å². The summed E-state index contributed by atoms with van der Waals surface area (Å²) in [5, 5.41) is 0.595. The highest BCUT2D eigenvalue weighted by atomic mass is 35.5. The van der Waals surface area contributed by atoms with E-state index in [0.717, 1.165) is 0 Å². The van der Waals surface area contributed by atoms with Crippen LogP contribution in [0.2, 0.25) is 10.0 Å². The summed E-state index contributed by atoms with van der Waals surface area (Å²) in [5.74, 6) is -0.513. The van der Waals surface area contributed by atoms with Gasteiger partial charge in [0.1, 0.15) is 5.75 Å². The van der Waals surface area contributed by atoms with Crippen molar-refractivity contribution in [1.82, 2.24) is 0 Å². The molecule has 0 heterocycles. The fraction of sp³-hybridized carbons (Fsp3) is 0.0714. The molecule has 0 N–H and O–H groups in total. The van der Waals surface area contributed by atoms with Crippen LogP contribution in [0.3, 0.4) is 0 Å². The van der Waals surface area contributed by atoms with Gasteiger partial charge in [0.2, 0.25) is 0 Å². The van der Waals surface area contributed by atoms with Crippen molar-refractivity contribution in [3.05, 3.63) is 63.6 Å². The Labute approximate surface area is 123 Å². The first-order valence-corrected chi connectivity index (χ1v) is 6.27. The van der Waals surface area contributed by atoms with E-state index < -0.39 is 12.4 Å². The van der Waals surface area contributed by atoms with Gasteiger partial charge >= 0.3 is 6.61 Å². The van der Waals surface area contributed by atoms with Gasteiger partial charge in [-0.15, -0.1) is 0 Å². The first kappa shape index (κ1) is 14.8. The fourth-order valence-electron chi connectivity index (χ4n) is 1.64. The number of carbonyl (C=O) groups is 1. The van der Waals surface area contributed by atoms with Crippen LogP contribution in [-0.2, 0) is 0 Å². The topological polar surface area (TPSA) is 26.3 Å². The van der Waals surface area contributed by atoms with Crippen LogP contribution in [0.5, 0.6) is 5.75 Å². The molecule has 0 bridgehead atoms. The molecule has 0 unspecified atom stereocenters. The van der Waals surface area contributed by atoms with Gasteiger partial charge in [-0.05, 0) is 30.3 Å². The maximum absolute atomic E-state index is 12.3. The van der Waals surface area contributed by atoms with Crippen LogP contribution in [0.15, 0.2) is 42.5 Å². The van der Waals surface area contributed by atoms with E-state index in [4.69, 9.17) is 23.2 Å². The van der Waals surface area contributed by atoms with E-state index in [1.54, 1.807) is 6.07 Å². The Hall–Kier alpha value is -1.65. The molecule has 0 aliphatic rings. The number of hydrogen-bond donors (Lipinski definition) is 0. The van der Waals surface area contributed by atoms with E-state index in [2.05, 4.69) is 4.74 Å². The molecule has 2 nitrogen and oxygen atoms in total. The lowest BCUT2D eigenvalue weighted by Crippen LogP contribution is -2.05. The normalized spacial score (nSPS) is 10.7. The minimum atomic E-state index is -2.95. The number of rotatable bonds is 4. The smallest absolute Gasteiger partial charge is 0.387 e. The Balaban J connectivity index is 2.35. The first-order valence-electron chi connectivity index (χ1n) is 5.52. The molecule has 0 spiro atoms. The molecule has 0 radical (unpaired) electrons. The van der Waals surface area contributed by atoms with Crippen LogP contribution >= 0.6 is 23.2 Å². The fourth-order valence-corrected chi connectivity index (χ4v) is 2.02. The molecule has 0 saturated carbocycles. The highest BCUT2D eigenvalue weighted by Crippen LogP contribution is 2.25. The molecule has 2 aromatic rings. The van der Waals surface area contributed by atoms with Gasteiger partial charge in [0, 0.05) is 16.1 Å². The second-order valence-electron chi connectivity index (χ2n) is 3.86. The molecule has 6 heteroatoms. The Kier molecular flexibility index (Phi) is 4.57. The summed E-state index contributed by atoms with van der Waals surface area (Å²) < 4.78 is 28.5. The second-order valence-corrected chi connectivity index (χ2v) is 4.70. The van der Waals surface area contributed by atoms with E-state index >= 15 is 0 Å². The zero-order valence-electron chi connectivity index (χ0n) is 9.95. The first-order chi connectivity index (χ1) is 9.47. The van der Waals surface area contributed by atoms with Gasteiger partial charge in [0.15, 0.2) is 5.78 Å². The predicted molar refractivity (Wildman–Crippen MR) is 73.0 cm³/mol. The predicted octanol–water partition coefficient (Wildman–Crippen LogP) is 4.83. The number of hydrogen-bond acceptors (Lipinski definition) is 2. The summed E-state index contributed by atoms with van der Waals surface area (Å²) in [6, 6.07) is 9.97. The van der Waals surface area contributed by atoms with Crippen molar-refractivity contribution in [1.29, 1.82) is 0 Å².